The van der Waals surface area contributed by atoms with Crippen molar-refractivity contribution < 1.29 is 9.59 Å². The van der Waals surface area contributed by atoms with Crippen LogP contribution in [0.4, 0.5) is 10.5 Å². The SMILES string of the molecule is C[C@@H](NC(=O)Nc1cccc(C(=O)N2CCCCCC2)c1)c1ncnn1C. The zero-order chi connectivity index (χ0) is 19.2. The summed E-state index contributed by atoms with van der Waals surface area (Å²) < 4.78 is 1.62. The monoisotopic (exact) mass is 370 g/mol. The standard InChI is InChI=1S/C19H26N6O2/c1-14(17-20-13-21-24(17)2)22-19(27)23-16-9-7-8-15(12-16)18(26)25-10-5-3-4-6-11-25/h7-9,12-14H,3-6,10-11H2,1-2H3,(H2,22,23,27)/t14-/m1/s1. The fourth-order valence-electron chi connectivity index (χ4n) is 3.31. The Balaban J connectivity index is 1.62. The first kappa shape index (κ1) is 18.9. The van der Waals surface area contributed by atoms with Gasteiger partial charge < -0.3 is 15.5 Å². The summed E-state index contributed by atoms with van der Waals surface area (Å²) in [5.41, 5.74) is 1.18. The fourth-order valence-corrected chi connectivity index (χ4v) is 3.31. The van der Waals surface area contributed by atoms with Gasteiger partial charge in [-0.05, 0) is 38.0 Å². The first-order valence-electron chi connectivity index (χ1n) is 9.35. The van der Waals surface area contributed by atoms with E-state index in [0.29, 0.717) is 17.1 Å². The lowest BCUT2D eigenvalue weighted by Gasteiger charge is -2.20. The van der Waals surface area contributed by atoms with E-state index >= 15 is 0 Å². The van der Waals surface area contributed by atoms with Gasteiger partial charge in [-0.1, -0.05) is 18.9 Å². The van der Waals surface area contributed by atoms with Gasteiger partial charge in [-0.15, -0.1) is 0 Å². The van der Waals surface area contributed by atoms with Gasteiger partial charge in [-0.25, -0.2) is 9.78 Å². The van der Waals surface area contributed by atoms with Gasteiger partial charge >= 0.3 is 6.03 Å². The van der Waals surface area contributed by atoms with Gasteiger partial charge in [0.2, 0.25) is 0 Å². The van der Waals surface area contributed by atoms with E-state index in [-0.39, 0.29) is 18.0 Å². The molecular formula is C19H26N6O2. The van der Waals surface area contributed by atoms with Crippen LogP contribution in [0, 0.1) is 0 Å². The number of carbonyl (C=O) groups excluding carboxylic acids is 2. The number of likely N-dealkylation sites (tertiary alicyclic amines) is 1. The normalized spacial score (nSPS) is 15.7. The molecule has 3 rings (SSSR count). The highest BCUT2D eigenvalue weighted by Gasteiger charge is 2.18. The van der Waals surface area contributed by atoms with Gasteiger partial charge in [0.15, 0.2) is 0 Å². The van der Waals surface area contributed by atoms with E-state index in [9.17, 15) is 9.59 Å². The van der Waals surface area contributed by atoms with Crippen LogP contribution in [0.5, 0.6) is 0 Å². The second-order valence-corrected chi connectivity index (χ2v) is 6.85. The molecule has 1 aromatic carbocycles. The molecule has 1 atom stereocenters. The molecular weight excluding hydrogens is 344 g/mol. The Morgan fingerprint density at radius 1 is 1.15 bits per heavy atom. The number of rotatable bonds is 4. The number of anilines is 1. The number of hydrogen-bond acceptors (Lipinski definition) is 4. The Kier molecular flexibility index (Phi) is 6.05. The number of amides is 3. The third kappa shape index (κ3) is 4.84. The lowest BCUT2D eigenvalue weighted by molar-refractivity contribution is 0.0761. The maximum atomic E-state index is 12.7. The number of aromatic nitrogens is 3. The highest BCUT2D eigenvalue weighted by Crippen LogP contribution is 2.17. The van der Waals surface area contributed by atoms with E-state index in [1.165, 1.54) is 19.2 Å². The maximum absolute atomic E-state index is 12.7. The minimum atomic E-state index is -0.357. The van der Waals surface area contributed by atoms with Gasteiger partial charge in [-0.3, -0.25) is 9.48 Å². The highest BCUT2D eigenvalue weighted by molar-refractivity contribution is 5.97. The largest absolute Gasteiger partial charge is 0.339 e. The zero-order valence-electron chi connectivity index (χ0n) is 15.8. The quantitative estimate of drug-likeness (QED) is 0.865. The number of nitrogens with zero attached hydrogens (tertiary/aromatic N) is 4. The lowest BCUT2D eigenvalue weighted by atomic mass is 10.1. The third-order valence-corrected chi connectivity index (χ3v) is 4.74. The molecule has 27 heavy (non-hydrogen) atoms. The average Bonchev–Trinajstić information content (AvgIpc) is 2.91. The number of nitrogens with one attached hydrogen (secondary N) is 2. The van der Waals surface area contributed by atoms with Crippen molar-refractivity contribution >= 4 is 17.6 Å². The predicted octanol–water partition coefficient (Wildman–Crippen LogP) is 2.71. The summed E-state index contributed by atoms with van der Waals surface area (Å²) in [5.74, 6) is 0.684. The summed E-state index contributed by atoms with van der Waals surface area (Å²) in [4.78, 5) is 31.1. The first-order valence-corrected chi connectivity index (χ1v) is 9.35. The average molecular weight is 370 g/mol. The Bertz CT molecular complexity index is 795. The van der Waals surface area contributed by atoms with Gasteiger partial charge in [-0.2, -0.15) is 5.10 Å². The van der Waals surface area contributed by atoms with E-state index in [4.69, 9.17) is 0 Å². The van der Waals surface area contributed by atoms with Gasteiger partial charge in [0, 0.05) is 31.4 Å². The van der Waals surface area contributed by atoms with Crippen LogP contribution in [0.1, 0.15) is 54.8 Å². The minimum Gasteiger partial charge on any atom is -0.339 e. The van der Waals surface area contributed by atoms with Crippen molar-refractivity contribution in [1.29, 1.82) is 0 Å². The second-order valence-electron chi connectivity index (χ2n) is 6.85. The van der Waals surface area contributed by atoms with Gasteiger partial charge in [0.1, 0.15) is 12.2 Å². The molecule has 0 radical (unpaired) electrons. The Morgan fingerprint density at radius 2 is 1.89 bits per heavy atom. The number of urea groups is 1. The molecule has 2 aromatic rings. The van der Waals surface area contributed by atoms with E-state index < -0.39 is 0 Å². The van der Waals surface area contributed by atoms with E-state index in [2.05, 4.69) is 20.7 Å². The number of carbonyl (C=O) groups is 2. The molecule has 0 spiro atoms. The summed E-state index contributed by atoms with van der Waals surface area (Å²) in [5, 5.41) is 9.61. The molecule has 1 aliphatic heterocycles. The molecule has 2 heterocycles. The number of hydrogen-bond donors (Lipinski definition) is 2. The molecule has 8 heteroatoms. The van der Waals surface area contributed by atoms with Crippen LogP contribution in [0.25, 0.3) is 0 Å². The van der Waals surface area contributed by atoms with Crippen molar-refractivity contribution in [2.45, 2.75) is 38.6 Å². The topological polar surface area (TPSA) is 92.2 Å². The van der Waals surface area contributed by atoms with E-state index in [1.807, 2.05) is 11.8 Å². The maximum Gasteiger partial charge on any atom is 0.319 e. The molecule has 1 fully saturated rings. The Morgan fingerprint density at radius 3 is 2.56 bits per heavy atom. The lowest BCUT2D eigenvalue weighted by Crippen LogP contribution is -2.33. The number of benzene rings is 1. The summed E-state index contributed by atoms with van der Waals surface area (Å²) >= 11 is 0. The molecule has 144 valence electrons. The zero-order valence-corrected chi connectivity index (χ0v) is 15.8. The molecule has 1 aliphatic rings. The van der Waals surface area contributed by atoms with E-state index in [0.717, 1.165) is 25.9 Å². The smallest absolute Gasteiger partial charge is 0.319 e. The van der Waals surface area contributed by atoms with Crippen molar-refractivity contribution in [2.75, 3.05) is 18.4 Å². The van der Waals surface area contributed by atoms with Crippen LogP contribution in [-0.2, 0) is 7.05 Å². The Hall–Kier alpha value is -2.90. The molecule has 2 N–H and O–H groups in total. The van der Waals surface area contributed by atoms with Crippen molar-refractivity contribution in [3.05, 3.63) is 42.0 Å². The van der Waals surface area contributed by atoms with E-state index in [1.54, 1.807) is 36.0 Å². The molecule has 3 amide bonds. The van der Waals surface area contributed by atoms with Crippen LogP contribution in [-0.4, -0.2) is 44.7 Å². The summed E-state index contributed by atoms with van der Waals surface area (Å²) in [6.45, 7) is 3.43. The minimum absolute atomic E-state index is 0.0217. The molecule has 8 nitrogen and oxygen atoms in total. The van der Waals surface area contributed by atoms with Crippen molar-refractivity contribution in [1.82, 2.24) is 25.0 Å². The third-order valence-electron chi connectivity index (χ3n) is 4.74. The van der Waals surface area contributed by atoms with Gasteiger partial charge in [0.05, 0.1) is 6.04 Å². The van der Waals surface area contributed by atoms with Crippen LogP contribution in [0.3, 0.4) is 0 Å². The first-order chi connectivity index (χ1) is 13.0. The fraction of sp³-hybridized carbons (Fsp3) is 0.474. The summed E-state index contributed by atoms with van der Waals surface area (Å²) in [7, 11) is 1.77. The van der Waals surface area contributed by atoms with Crippen molar-refractivity contribution in [3.63, 3.8) is 0 Å². The Labute approximate surface area is 159 Å². The van der Waals surface area contributed by atoms with Crippen LogP contribution in [0.2, 0.25) is 0 Å². The van der Waals surface area contributed by atoms with Gasteiger partial charge in [0.25, 0.3) is 5.91 Å². The van der Waals surface area contributed by atoms with Crippen LogP contribution < -0.4 is 10.6 Å². The molecule has 1 saturated heterocycles. The van der Waals surface area contributed by atoms with Crippen molar-refractivity contribution in [3.8, 4) is 0 Å². The predicted molar refractivity (Wildman–Crippen MR) is 102 cm³/mol. The van der Waals surface area contributed by atoms with Crippen LogP contribution >= 0.6 is 0 Å². The second kappa shape index (κ2) is 8.66. The number of aryl methyl sites for hydroxylation is 1. The van der Waals surface area contributed by atoms with Crippen molar-refractivity contribution in [2.24, 2.45) is 7.05 Å². The van der Waals surface area contributed by atoms with Crippen LogP contribution in [0.15, 0.2) is 30.6 Å². The highest BCUT2D eigenvalue weighted by atomic mass is 16.2. The molecule has 0 aliphatic carbocycles. The molecule has 0 unspecified atom stereocenters. The molecule has 0 bridgehead atoms. The summed E-state index contributed by atoms with van der Waals surface area (Å²) in [6, 6.07) is 6.42. The molecule has 0 saturated carbocycles. The summed E-state index contributed by atoms with van der Waals surface area (Å²) in [6.07, 6.45) is 5.89. The molecule has 1 aromatic heterocycles.